The van der Waals surface area contributed by atoms with Crippen LogP contribution in [0.5, 0.6) is 0 Å². The Morgan fingerprint density at radius 3 is 3.00 bits per heavy atom. The molecule has 2 saturated heterocycles. The number of hydrogen-bond acceptors (Lipinski definition) is 5. The first-order valence-electron chi connectivity index (χ1n) is 8.24. The maximum Gasteiger partial charge on any atom is 0.227 e. The minimum Gasteiger partial charge on any atom is -0.309 e. The minimum atomic E-state index is 0.213. The molecule has 3 aromatic heterocycles. The van der Waals surface area contributed by atoms with Crippen molar-refractivity contribution in [3.8, 4) is 0 Å². The van der Waals surface area contributed by atoms with Gasteiger partial charge in [0.25, 0.3) is 0 Å². The van der Waals surface area contributed by atoms with E-state index in [0.717, 1.165) is 48.9 Å². The summed E-state index contributed by atoms with van der Waals surface area (Å²) >= 11 is 1.66. The summed E-state index contributed by atoms with van der Waals surface area (Å²) in [6.07, 6.45) is 9.57. The first kappa shape index (κ1) is 14.2. The molecule has 2 aliphatic heterocycles. The van der Waals surface area contributed by atoms with Crippen molar-refractivity contribution in [2.75, 3.05) is 24.5 Å². The van der Waals surface area contributed by atoms with Gasteiger partial charge < -0.3 is 4.90 Å². The fourth-order valence-electron chi connectivity index (χ4n) is 3.51. The summed E-state index contributed by atoms with van der Waals surface area (Å²) in [5, 5.41) is 6.51. The third-order valence-electron chi connectivity index (χ3n) is 4.81. The number of carbonyl (C=O) groups is 1. The molecule has 0 atom stereocenters. The van der Waals surface area contributed by atoms with Crippen molar-refractivity contribution in [1.29, 1.82) is 0 Å². The summed E-state index contributed by atoms with van der Waals surface area (Å²) in [5.41, 5.74) is 2.05. The first-order valence-corrected chi connectivity index (χ1v) is 9.12. The highest BCUT2D eigenvalue weighted by molar-refractivity contribution is 7.15. The standard InChI is InChI=1S/C16H18N6OS/c23-15-2-1-3-21(15)13-6-17-22(11-13)14-9-19(10-14)7-12-8-20-4-5-24-16(20)18-12/h4-6,8,11,14H,1-3,7,9-10H2. The van der Waals surface area contributed by atoms with Crippen molar-refractivity contribution in [3.63, 3.8) is 0 Å². The molecule has 2 aliphatic rings. The molecule has 24 heavy (non-hydrogen) atoms. The molecular weight excluding hydrogens is 324 g/mol. The van der Waals surface area contributed by atoms with Crippen LogP contribution in [0.3, 0.4) is 0 Å². The molecule has 124 valence electrons. The molecule has 1 amide bonds. The summed E-state index contributed by atoms with van der Waals surface area (Å²) in [4.78, 5) is 21.7. The van der Waals surface area contributed by atoms with Gasteiger partial charge in [-0.3, -0.25) is 18.8 Å². The highest BCUT2D eigenvalue weighted by atomic mass is 32.1. The molecule has 0 N–H and O–H groups in total. The van der Waals surface area contributed by atoms with Crippen molar-refractivity contribution < 1.29 is 4.79 Å². The van der Waals surface area contributed by atoms with Gasteiger partial charge in [0.05, 0.1) is 23.6 Å². The van der Waals surface area contributed by atoms with Gasteiger partial charge in [0.15, 0.2) is 4.96 Å². The first-order chi connectivity index (χ1) is 11.8. The Kier molecular flexibility index (Phi) is 3.20. The van der Waals surface area contributed by atoms with Crippen molar-refractivity contribution in [3.05, 3.63) is 35.9 Å². The van der Waals surface area contributed by atoms with E-state index in [4.69, 9.17) is 0 Å². The number of aromatic nitrogens is 4. The van der Waals surface area contributed by atoms with Crippen LogP contribution >= 0.6 is 11.3 Å². The topological polar surface area (TPSA) is 58.7 Å². The summed E-state index contributed by atoms with van der Waals surface area (Å²) in [6, 6.07) is 0.389. The smallest absolute Gasteiger partial charge is 0.227 e. The summed E-state index contributed by atoms with van der Waals surface area (Å²) in [5.74, 6) is 0.213. The Morgan fingerprint density at radius 2 is 2.21 bits per heavy atom. The summed E-state index contributed by atoms with van der Waals surface area (Å²) in [6.45, 7) is 3.64. The maximum absolute atomic E-state index is 11.8. The van der Waals surface area contributed by atoms with Crippen LogP contribution in [0.1, 0.15) is 24.6 Å². The fourth-order valence-corrected chi connectivity index (χ4v) is 4.23. The number of amides is 1. The molecule has 2 fully saturated rings. The lowest BCUT2D eigenvalue weighted by atomic mass is 10.1. The van der Waals surface area contributed by atoms with E-state index in [1.54, 1.807) is 11.3 Å². The van der Waals surface area contributed by atoms with E-state index < -0.39 is 0 Å². The lowest BCUT2D eigenvalue weighted by Gasteiger charge is -2.38. The number of hydrogen-bond donors (Lipinski definition) is 0. The third kappa shape index (κ3) is 2.33. The molecule has 8 heteroatoms. The van der Waals surface area contributed by atoms with Gasteiger partial charge in [-0.25, -0.2) is 4.98 Å². The normalized spacial score (nSPS) is 19.5. The van der Waals surface area contributed by atoms with Crippen molar-refractivity contribution >= 4 is 27.9 Å². The van der Waals surface area contributed by atoms with Crippen LogP contribution in [0.15, 0.2) is 30.2 Å². The molecular formula is C16H18N6OS. The fraction of sp³-hybridized carbons (Fsp3) is 0.438. The lowest BCUT2D eigenvalue weighted by molar-refractivity contribution is -0.117. The molecule has 0 radical (unpaired) electrons. The SMILES string of the molecule is O=C1CCCN1c1cnn(C2CN(Cc3cn4ccsc4n3)C2)c1. The van der Waals surface area contributed by atoms with E-state index in [1.165, 1.54) is 0 Å². The predicted octanol–water partition coefficient (Wildman–Crippen LogP) is 1.78. The largest absolute Gasteiger partial charge is 0.309 e. The van der Waals surface area contributed by atoms with Crippen molar-refractivity contribution in [1.82, 2.24) is 24.1 Å². The third-order valence-corrected chi connectivity index (χ3v) is 5.58. The van der Waals surface area contributed by atoms with Gasteiger partial charge in [0.1, 0.15) is 0 Å². The second-order valence-corrected chi connectivity index (χ2v) is 7.37. The Morgan fingerprint density at radius 1 is 1.29 bits per heavy atom. The molecule has 0 saturated carbocycles. The number of fused-ring (bicyclic) bond motifs is 1. The predicted molar refractivity (Wildman–Crippen MR) is 91.2 cm³/mol. The zero-order chi connectivity index (χ0) is 16.1. The van der Waals surface area contributed by atoms with Gasteiger partial charge in [0, 0.05) is 56.6 Å². The Labute approximate surface area is 143 Å². The molecule has 0 aliphatic carbocycles. The van der Waals surface area contributed by atoms with Crippen molar-refractivity contribution in [2.24, 2.45) is 0 Å². The highest BCUT2D eigenvalue weighted by Gasteiger charge is 2.30. The maximum atomic E-state index is 11.8. The van der Waals surface area contributed by atoms with Gasteiger partial charge >= 0.3 is 0 Å². The van der Waals surface area contributed by atoms with Crippen LogP contribution in [0.2, 0.25) is 0 Å². The zero-order valence-electron chi connectivity index (χ0n) is 13.2. The number of anilines is 1. The summed E-state index contributed by atoms with van der Waals surface area (Å²) in [7, 11) is 0. The number of likely N-dealkylation sites (tertiary alicyclic amines) is 1. The molecule has 5 heterocycles. The molecule has 3 aromatic rings. The van der Waals surface area contributed by atoms with E-state index in [9.17, 15) is 4.79 Å². The molecule has 0 bridgehead atoms. The van der Waals surface area contributed by atoms with Gasteiger partial charge in [-0.1, -0.05) is 0 Å². The van der Waals surface area contributed by atoms with Crippen LogP contribution < -0.4 is 4.90 Å². The average Bonchev–Trinajstić information content (AvgIpc) is 3.25. The van der Waals surface area contributed by atoms with Gasteiger partial charge in [0.2, 0.25) is 5.91 Å². The average molecular weight is 342 g/mol. The van der Waals surface area contributed by atoms with Crippen molar-refractivity contribution in [2.45, 2.75) is 25.4 Å². The Bertz CT molecular complexity index is 861. The summed E-state index contributed by atoms with van der Waals surface area (Å²) < 4.78 is 4.08. The van der Waals surface area contributed by atoms with Crippen LogP contribution in [-0.4, -0.2) is 49.6 Å². The molecule has 5 rings (SSSR count). The number of rotatable bonds is 4. The minimum absolute atomic E-state index is 0.213. The van der Waals surface area contributed by atoms with Crippen LogP contribution in [0.25, 0.3) is 4.96 Å². The van der Waals surface area contributed by atoms with E-state index >= 15 is 0 Å². The second-order valence-electron chi connectivity index (χ2n) is 6.50. The number of imidazole rings is 1. The molecule has 0 aromatic carbocycles. The van der Waals surface area contributed by atoms with E-state index in [2.05, 4.69) is 25.6 Å². The van der Waals surface area contributed by atoms with Crippen LogP contribution in [-0.2, 0) is 11.3 Å². The number of thiazole rings is 1. The molecule has 7 nitrogen and oxygen atoms in total. The van der Waals surface area contributed by atoms with Crippen LogP contribution in [0.4, 0.5) is 5.69 Å². The lowest BCUT2D eigenvalue weighted by Crippen LogP contribution is -2.47. The molecule has 0 unspecified atom stereocenters. The quantitative estimate of drug-likeness (QED) is 0.725. The highest BCUT2D eigenvalue weighted by Crippen LogP contribution is 2.26. The van der Waals surface area contributed by atoms with E-state index in [1.807, 2.05) is 33.6 Å². The van der Waals surface area contributed by atoms with E-state index in [-0.39, 0.29) is 5.91 Å². The number of carbonyl (C=O) groups excluding carboxylic acids is 1. The number of nitrogens with zero attached hydrogens (tertiary/aromatic N) is 6. The Balaban J connectivity index is 1.21. The molecule has 0 spiro atoms. The monoisotopic (exact) mass is 342 g/mol. The Hall–Kier alpha value is -2.19. The van der Waals surface area contributed by atoms with E-state index in [0.29, 0.717) is 12.5 Å². The van der Waals surface area contributed by atoms with Gasteiger partial charge in [-0.05, 0) is 6.42 Å². The second kappa shape index (κ2) is 5.42. The van der Waals surface area contributed by atoms with Crippen LogP contribution in [0, 0.1) is 0 Å². The zero-order valence-corrected chi connectivity index (χ0v) is 14.0. The van der Waals surface area contributed by atoms with Gasteiger partial charge in [-0.2, -0.15) is 5.10 Å². The van der Waals surface area contributed by atoms with Gasteiger partial charge in [-0.15, -0.1) is 11.3 Å².